The SMILES string of the molecule is CCCCCCCCCCN(C)C(C)(C)CCl. The number of halogens is 1. The summed E-state index contributed by atoms with van der Waals surface area (Å²) in [6.45, 7) is 7.87. The number of nitrogens with zero attached hydrogens (tertiary/aromatic N) is 1. The molecule has 2 heteroatoms. The van der Waals surface area contributed by atoms with Gasteiger partial charge in [-0.3, -0.25) is 0 Å². The highest BCUT2D eigenvalue weighted by Crippen LogP contribution is 2.15. The van der Waals surface area contributed by atoms with Gasteiger partial charge in [-0.1, -0.05) is 51.9 Å². The lowest BCUT2D eigenvalue weighted by Crippen LogP contribution is -2.43. The van der Waals surface area contributed by atoms with E-state index in [4.69, 9.17) is 11.6 Å². The molecule has 0 spiro atoms. The van der Waals surface area contributed by atoms with Crippen LogP contribution in [0.4, 0.5) is 0 Å². The number of hydrogen-bond acceptors (Lipinski definition) is 1. The van der Waals surface area contributed by atoms with Crippen LogP contribution in [0, 0.1) is 0 Å². The quantitative estimate of drug-likeness (QED) is 0.370. The van der Waals surface area contributed by atoms with Crippen LogP contribution in [0.15, 0.2) is 0 Å². The molecule has 0 N–H and O–H groups in total. The van der Waals surface area contributed by atoms with Gasteiger partial charge in [-0.05, 0) is 33.9 Å². The van der Waals surface area contributed by atoms with Gasteiger partial charge in [-0.25, -0.2) is 0 Å². The van der Waals surface area contributed by atoms with Crippen LogP contribution in [0.3, 0.4) is 0 Å². The van der Waals surface area contributed by atoms with Crippen LogP contribution in [-0.4, -0.2) is 29.9 Å². The van der Waals surface area contributed by atoms with Gasteiger partial charge in [0.2, 0.25) is 0 Å². The summed E-state index contributed by atoms with van der Waals surface area (Å²) in [7, 11) is 2.18. The number of rotatable bonds is 11. The molecular formula is C15H32ClN. The summed E-state index contributed by atoms with van der Waals surface area (Å²) in [5.41, 5.74) is 0.142. The second kappa shape index (κ2) is 10.2. The van der Waals surface area contributed by atoms with E-state index in [9.17, 15) is 0 Å². The molecule has 0 saturated heterocycles. The van der Waals surface area contributed by atoms with E-state index in [2.05, 4.69) is 32.7 Å². The second-order valence-corrected chi connectivity index (χ2v) is 6.11. The Kier molecular flexibility index (Phi) is 10.3. The van der Waals surface area contributed by atoms with Crippen molar-refractivity contribution >= 4 is 11.6 Å². The van der Waals surface area contributed by atoms with E-state index >= 15 is 0 Å². The maximum atomic E-state index is 5.96. The molecule has 17 heavy (non-hydrogen) atoms. The average molecular weight is 262 g/mol. The molecule has 0 amide bonds. The molecule has 0 saturated carbocycles. The Morgan fingerprint density at radius 2 is 1.35 bits per heavy atom. The molecule has 0 aromatic rings. The van der Waals surface area contributed by atoms with Gasteiger partial charge in [0.1, 0.15) is 0 Å². The highest BCUT2D eigenvalue weighted by atomic mass is 35.5. The summed E-state index contributed by atoms with van der Waals surface area (Å²) >= 11 is 5.96. The first-order chi connectivity index (χ1) is 8.04. The summed E-state index contributed by atoms with van der Waals surface area (Å²) < 4.78 is 0. The van der Waals surface area contributed by atoms with Crippen molar-refractivity contribution < 1.29 is 0 Å². The Hall–Kier alpha value is 0.250. The topological polar surface area (TPSA) is 3.24 Å². The Labute approximate surface area is 114 Å². The molecule has 0 bridgehead atoms. The first-order valence-electron chi connectivity index (χ1n) is 7.31. The molecule has 0 rings (SSSR count). The standard InChI is InChI=1S/C15H32ClN/c1-5-6-7-8-9-10-11-12-13-17(4)15(2,3)14-16/h5-14H2,1-4H3. The summed E-state index contributed by atoms with van der Waals surface area (Å²) in [5.74, 6) is 0.709. The van der Waals surface area contributed by atoms with Crippen LogP contribution in [0.2, 0.25) is 0 Å². The van der Waals surface area contributed by atoms with E-state index in [1.165, 1.54) is 57.9 Å². The third-order valence-corrected chi connectivity index (χ3v) is 4.36. The molecule has 0 heterocycles. The molecule has 0 aromatic heterocycles. The predicted molar refractivity (Wildman–Crippen MR) is 80.0 cm³/mol. The molecule has 1 nitrogen and oxygen atoms in total. The van der Waals surface area contributed by atoms with Crippen LogP contribution in [0.1, 0.15) is 72.1 Å². The van der Waals surface area contributed by atoms with Crippen LogP contribution >= 0.6 is 11.6 Å². The zero-order valence-electron chi connectivity index (χ0n) is 12.4. The Morgan fingerprint density at radius 1 is 0.882 bits per heavy atom. The first kappa shape index (κ1) is 17.2. The molecular weight excluding hydrogens is 230 g/mol. The molecule has 0 unspecified atom stereocenters. The largest absolute Gasteiger partial charge is 0.300 e. The number of hydrogen-bond donors (Lipinski definition) is 0. The van der Waals surface area contributed by atoms with Crippen molar-refractivity contribution in [3.8, 4) is 0 Å². The number of unbranched alkanes of at least 4 members (excludes halogenated alkanes) is 7. The highest BCUT2D eigenvalue weighted by molar-refractivity contribution is 6.18. The second-order valence-electron chi connectivity index (χ2n) is 5.84. The lowest BCUT2D eigenvalue weighted by atomic mass is 10.0. The summed E-state index contributed by atoms with van der Waals surface area (Å²) in [4.78, 5) is 2.39. The summed E-state index contributed by atoms with van der Waals surface area (Å²) in [6.07, 6.45) is 11.1. The Morgan fingerprint density at radius 3 is 1.82 bits per heavy atom. The van der Waals surface area contributed by atoms with E-state index in [1.54, 1.807) is 0 Å². The van der Waals surface area contributed by atoms with Gasteiger partial charge in [0.25, 0.3) is 0 Å². The molecule has 0 aliphatic heterocycles. The fourth-order valence-corrected chi connectivity index (χ4v) is 2.09. The van der Waals surface area contributed by atoms with Gasteiger partial charge in [0.05, 0.1) is 0 Å². The molecule has 104 valence electrons. The van der Waals surface area contributed by atoms with Crippen molar-refractivity contribution in [1.29, 1.82) is 0 Å². The van der Waals surface area contributed by atoms with Gasteiger partial charge in [0, 0.05) is 11.4 Å². The van der Waals surface area contributed by atoms with Crippen molar-refractivity contribution in [2.45, 2.75) is 77.7 Å². The lowest BCUT2D eigenvalue weighted by molar-refractivity contribution is 0.175. The third-order valence-electron chi connectivity index (χ3n) is 3.71. The van der Waals surface area contributed by atoms with Gasteiger partial charge < -0.3 is 4.90 Å². The zero-order valence-corrected chi connectivity index (χ0v) is 13.2. The molecule has 0 aromatic carbocycles. The minimum absolute atomic E-state index is 0.142. The monoisotopic (exact) mass is 261 g/mol. The van der Waals surface area contributed by atoms with E-state index in [0.717, 1.165) is 0 Å². The fourth-order valence-electron chi connectivity index (χ4n) is 1.89. The van der Waals surface area contributed by atoms with Crippen LogP contribution in [0.5, 0.6) is 0 Å². The van der Waals surface area contributed by atoms with Gasteiger partial charge in [-0.2, -0.15) is 0 Å². The molecule has 0 radical (unpaired) electrons. The van der Waals surface area contributed by atoms with Crippen molar-refractivity contribution in [2.24, 2.45) is 0 Å². The van der Waals surface area contributed by atoms with Crippen molar-refractivity contribution in [3.63, 3.8) is 0 Å². The molecule has 0 aliphatic carbocycles. The molecule has 0 aliphatic rings. The number of alkyl halides is 1. The normalized spacial score (nSPS) is 12.4. The van der Waals surface area contributed by atoms with E-state index < -0.39 is 0 Å². The molecule has 0 atom stereocenters. The van der Waals surface area contributed by atoms with Gasteiger partial charge >= 0.3 is 0 Å². The van der Waals surface area contributed by atoms with Crippen LogP contribution in [-0.2, 0) is 0 Å². The van der Waals surface area contributed by atoms with Gasteiger partial charge in [-0.15, -0.1) is 11.6 Å². The minimum atomic E-state index is 0.142. The van der Waals surface area contributed by atoms with Crippen LogP contribution in [0.25, 0.3) is 0 Å². The van der Waals surface area contributed by atoms with E-state index in [0.29, 0.717) is 5.88 Å². The predicted octanol–water partition coefficient (Wildman–Crippen LogP) is 5.08. The summed E-state index contributed by atoms with van der Waals surface area (Å²) in [6, 6.07) is 0. The van der Waals surface area contributed by atoms with Crippen molar-refractivity contribution in [3.05, 3.63) is 0 Å². The molecule has 0 fully saturated rings. The maximum Gasteiger partial charge on any atom is 0.0402 e. The maximum absolute atomic E-state index is 5.96. The van der Waals surface area contributed by atoms with Crippen molar-refractivity contribution in [1.82, 2.24) is 4.90 Å². The lowest BCUT2D eigenvalue weighted by Gasteiger charge is -2.33. The Bertz CT molecular complexity index is 168. The van der Waals surface area contributed by atoms with E-state index in [1.807, 2.05) is 0 Å². The fraction of sp³-hybridized carbons (Fsp3) is 1.00. The zero-order chi connectivity index (χ0) is 13.1. The third kappa shape index (κ3) is 8.90. The first-order valence-corrected chi connectivity index (χ1v) is 7.85. The van der Waals surface area contributed by atoms with Crippen LogP contribution < -0.4 is 0 Å². The summed E-state index contributed by atoms with van der Waals surface area (Å²) in [5, 5.41) is 0. The van der Waals surface area contributed by atoms with Gasteiger partial charge in [0.15, 0.2) is 0 Å². The smallest absolute Gasteiger partial charge is 0.0402 e. The highest BCUT2D eigenvalue weighted by Gasteiger charge is 2.21. The van der Waals surface area contributed by atoms with Crippen molar-refractivity contribution in [2.75, 3.05) is 19.5 Å². The minimum Gasteiger partial charge on any atom is -0.300 e. The Balaban J connectivity index is 3.34. The van der Waals surface area contributed by atoms with E-state index in [-0.39, 0.29) is 5.54 Å². The average Bonchev–Trinajstić information content (AvgIpc) is 2.32.